The molecule has 4 saturated heterocycles. The third kappa shape index (κ3) is 5.47. The number of ether oxygens (including phenoxy) is 1. The van der Waals surface area contributed by atoms with Gasteiger partial charge in [-0.15, -0.1) is 0 Å². The van der Waals surface area contributed by atoms with Crippen LogP contribution in [0.4, 0.5) is 13.2 Å². The van der Waals surface area contributed by atoms with Gasteiger partial charge in [0.2, 0.25) is 11.8 Å². The highest BCUT2D eigenvalue weighted by Crippen LogP contribution is 2.50. The maximum Gasteiger partial charge on any atom is 0.223 e. The van der Waals surface area contributed by atoms with Crippen molar-refractivity contribution in [3.8, 4) is 23.1 Å². The van der Waals surface area contributed by atoms with Crippen LogP contribution in [0.5, 0.6) is 5.88 Å². The largest absolute Gasteiger partial charge is 0.472 e. The van der Waals surface area contributed by atoms with Gasteiger partial charge in [0.1, 0.15) is 11.6 Å². The fourth-order valence-corrected chi connectivity index (χ4v) is 9.51. The van der Waals surface area contributed by atoms with E-state index in [0.717, 1.165) is 80.6 Å². The van der Waals surface area contributed by atoms with Crippen molar-refractivity contribution in [1.82, 2.24) is 24.7 Å². The fourth-order valence-electron chi connectivity index (χ4n) is 9.51. The number of rotatable bonds is 9. The molecule has 0 spiro atoms. The number of fused-ring (bicyclic) bond motifs is 5. The molecule has 3 aromatic carbocycles. The summed E-state index contributed by atoms with van der Waals surface area (Å²) in [6, 6.07) is 14.0. The van der Waals surface area contributed by atoms with Gasteiger partial charge in [0.15, 0.2) is 17.5 Å². The molecule has 0 radical (unpaired) electrons. The molecule has 1 aliphatic carbocycles. The van der Waals surface area contributed by atoms with Crippen molar-refractivity contribution in [3.63, 3.8) is 0 Å². The lowest BCUT2D eigenvalue weighted by Gasteiger charge is -2.38. The zero-order valence-corrected chi connectivity index (χ0v) is 30.3. The molecule has 5 fully saturated rings. The summed E-state index contributed by atoms with van der Waals surface area (Å²) in [5.41, 5.74) is 2.77. The van der Waals surface area contributed by atoms with Gasteiger partial charge < -0.3 is 19.5 Å². The molecule has 6 atom stereocenters. The minimum atomic E-state index is -1.04. The molecule has 4 aliphatic heterocycles. The molecular weight excluding hydrogens is 677 g/mol. The third-order valence-electron chi connectivity index (χ3n) is 12.5. The van der Waals surface area contributed by atoms with Crippen LogP contribution in [-0.2, 0) is 11.2 Å². The van der Waals surface area contributed by atoms with Gasteiger partial charge in [-0.3, -0.25) is 9.69 Å². The number of carbonyl (C=O) groups is 1. The Hall–Kier alpha value is -4.66. The lowest BCUT2D eigenvalue weighted by Crippen LogP contribution is -2.42. The van der Waals surface area contributed by atoms with Gasteiger partial charge in [0, 0.05) is 54.8 Å². The lowest BCUT2D eigenvalue weighted by molar-refractivity contribution is -0.134. The Balaban J connectivity index is 1.32. The van der Waals surface area contributed by atoms with Crippen LogP contribution in [0.1, 0.15) is 69.2 Å². The maximum atomic E-state index is 17.7. The summed E-state index contributed by atoms with van der Waals surface area (Å²) < 4.78 is 56.0. The number of aromatic nitrogens is 2. The smallest absolute Gasteiger partial charge is 0.223 e. The van der Waals surface area contributed by atoms with Gasteiger partial charge >= 0.3 is 0 Å². The lowest BCUT2D eigenvalue weighted by atomic mass is 9.79. The summed E-state index contributed by atoms with van der Waals surface area (Å²) >= 11 is 0. The number of likely N-dealkylation sites (N-methyl/N-ethyl adjacent to an activating group) is 1. The second-order valence-corrected chi connectivity index (χ2v) is 15.6. The highest BCUT2D eigenvalue weighted by Gasteiger charge is 2.49. The van der Waals surface area contributed by atoms with Gasteiger partial charge in [-0.05, 0) is 112 Å². The number of benzene rings is 3. The van der Waals surface area contributed by atoms with Crippen LogP contribution in [0.2, 0.25) is 0 Å². The summed E-state index contributed by atoms with van der Waals surface area (Å²) in [6.07, 6.45) is 4.74. The number of aryl methyl sites for hydroxylation is 1. The number of halogens is 3. The van der Waals surface area contributed by atoms with E-state index in [2.05, 4.69) is 34.0 Å². The predicted octanol–water partition coefficient (Wildman–Crippen LogP) is 7.61. The van der Waals surface area contributed by atoms with E-state index < -0.39 is 23.4 Å². The first-order chi connectivity index (χ1) is 25.6. The first-order valence-corrected chi connectivity index (χ1v) is 19.0. The molecule has 1 saturated carbocycles. The van der Waals surface area contributed by atoms with Gasteiger partial charge in [-0.25, -0.2) is 18.2 Å². The number of hydrogen-bond acceptors (Lipinski definition) is 6. The Morgan fingerprint density at radius 1 is 1.06 bits per heavy atom. The zero-order chi connectivity index (χ0) is 36.7. The van der Waals surface area contributed by atoms with Crippen LogP contribution in [0.15, 0.2) is 42.5 Å². The van der Waals surface area contributed by atoms with E-state index in [1.54, 1.807) is 25.1 Å². The molecule has 53 heavy (non-hydrogen) atoms. The molecule has 8 nitrogen and oxygen atoms in total. The predicted molar refractivity (Wildman–Crippen MR) is 198 cm³/mol. The van der Waals surface area contributed by atoms with E-state index >= 15 is 4.39 Å². The molecule has 6 heterocycles. The molecule has 2 aromatic heterocycles. The Labute approximate surface area is 306 Å². The first-order valence-electron chi connectivity index (χ1n) is 19.0. The number of carbonyl (C=O) groups excluding carboxylic acids is 1. The standard InChI is InChI=1S/C42H43F3N6O2/c1-22(20-46)28-18-30-39(38(45)37(28)27-8-4-7-24-15-32(43)33(44)19-29(24)27)48-42(53-23(2)35-9-5-12-49(35)3)31-17-26(10-11-36(52)50-13-6-14-50)51(41(30)31)40-25-16-34(40)47-21-25/h4,7-8,15,17-19,22-23,25,34-35,40,47H,5-6,9-14,16,21H2,1-3H3/t22?,23-,25+,34+,35-,40-/m0/s1. The number of likely N-dealkylation sites (tertiary alicyclic amines) is 2. The van der Waals surface area contributed by atoms with E-state index in [0.29, 0.717) is 51.9 Å². The number of amides is 1. The van der Waals surface area contributed by atoms with Gasteiger partial charge in [0.05, 0.1) is 28.9 Å². The van der Waals surface area contributed by atoms with E-state index in [9.17, 15) is 18.8 Å². The van der Waals surface area contributed by atoms with E-state index in [4.69, 9.17) is 9.72 Å². The van der Waals surface area contributed by atoms with E-state index in [1.807, 2.05) is 17.9 Å². The molecule has 10 rings (SSSR count). The normalized spacial score (nSPS) is 23.7. The van der Waals surface area contributed by atoms with Crippen molar-refractivity contribution in [2.45, 2.75) is 82.5 Å². The van der Waals surface area contributed by atoms with Crippen molar-refractivity contribution < 1.29 is 22.7 Å². The van der Waals surface area contributed by atoms with Crippen LogP contribution < -0.4 is 10.1 Å². The Bertz CT molecular complexity index is 2330. The number of pyridine rings is 1. The number of nitriles is 1. The highest BCUT2D eigenvalue weighted by molar-refractivity contribution is 6.10. The average molecular weight is 721 g/mol. The fraction of sp³-hybridized carbons (Fsp3) is 0.452. The van der Waals surface area contributed by atoms with Crippen LogP contribution in [0.3, 0.4) is 0 Å². The second kappa shape index (κ2) is 13.0. The van der Waals surface area contributed by atoms with Crippen molar-refractivity contribution in [1.29, 1.82) is 5.26 Å². The van der Waals surface area contributed by atoms with Crippen molar-refractivity contribution >= 4 is 38.5 Å². The highest BCUT2D eigenvalue weighted by atomic mass is 19.2. The zero-order valence-electron chi connectivity index (χ0n) is 30.3. The van der Waals surface area contributed by atoms with Crippen molar-refractivity contribution in [2.75, 3.05) is 33.2 Å². The molecule has 5 aromatic rings. The summed E-state index contributed by atoms with van der Waals surface area (Å²) in [5, 5.41) is 16.0. The Morgan fingerprint density at radius 3 is 2.55 bits per heavy atom. The molecular formula is C42H43F3N6O2. The van der Waals surface area contributed by atoms with E-state index in [1.165, 1.54) is 0 Å². The summed E-state index contributed by atoms with van der Waals surface area (Å²) in [6.45, 7) is 7.19. The topological polar surface area (TPSA) is 86.4 Å². The quantitative estimate of drug-likeness (QED) is 0.169. The summed E-state index contributed by atoms with van der Waals surface area (Å²) in [7, 11) is 2.09. The first kappa shape index (κ1) is 34.1. The van der Waals surface area contributed by atoms with Gasteiger partial charge in [-0.2, -0.15) is 5.26 Å². The SMILES string of the molecule is CC(C#N)c1cc2c(nc(O[C@@H](C)[C@@H]3CCCN3C)c3cc(CCC(=O)N4CCC4)n([C@H]4[C@H]5CN[C@@H]4C5)c32)c(F)c1-c1cccc2cc(F)c(F)cc12. The summed E-state index contributed by atoms with van der Waals surface area (Å²) in [5.74, 6) is -2.58. The van der Waals surface area contributed by atoms with Crippen LogP contribution >= 0.6 is 0 Å². The molecule has 5 aliphatic rings. The van der Waals surface area contributed by atoms with Crippen LogP contribution in [0.25, 0.3) is 43.7 Å². The Morgan fingerprint density at radius 2 is 1.87 bits per heavy atom. The van der Waals surface area contributed by atoms with Crippen molar-refractivity contribution in [2.24, 2.45) is 5.92 Å². The molecule has 1 N–H and O–H groups in total. The van der Waals surface area contributed by atoms with Gasteiger partial charge in [-0.1, -0.05) is 18.2 Å². The van der Waals surface area contributed by atoms with Crippen LogP contribution in [0, 0.1) is 34.7 Å². The maximum absolute atomic E-state index is 17.7. The monoisotopic (exact) mass is 720 g/mol. The second-order valence-electron chi connectivity index (χ2n) is 15.6. The Kier molecular flexibility index (Phi) is 8.39. The van der Waals surface area contributed by atoms with E-state index in [-0.39, 0.29) is 41.2 Å². The number of hydrogen-bond donors (Lipinski definition) is 1. The van der Waals surface area contributed by atoms with Gasteiger partial charge in [0.25, 0.3) is 0 Å². The summed E-state index contributed by atoms with van der Waals surface area (Å²) in [4.78, 5) is 22.3. The average Bonchev–Trinajstić information content (AvgIpc) is 3.92. The van der Waals surface area contributed by atoms with Crippen LogP contribution in [-0.4, -0.2) is 76.7 Å². The van der Waals surface area contributed by atoms with Crippen molar-refractivity contribution in [3.05, 3.63) is 71.2 Å². The molecule has 1 amide bonds. The molecule has 2 bridgehead atoms. The number of nitrogens with one attached hydrogen (secondary N) is 1. The minimum absolute atomic E-state index is 0.0881. The minimum Gasteiger partial charge on any atom is -0.472 e. The third-order valence-corrected chi connectivity index (χ3v) is 12.5. The molecule has 274 valence electrons. The molecule has 11 heteroatoms. The number of nitrogens with zero attached hydrogens (tertiary/aromatic N) is 5. The molecule has 1 unspecified atom stereocenters.